The molecular formula is C16H23N3. The molecular weight excluding hydrogens is 234 g/mol. The van der Waals surface area contributed by atoms with Crippen molar-refractivity contribution in [2.24, 2.45) is 0 Å². The van der Waals surface area contributed by atoms with Gasteiger partial charge in [0.15, 0.2) is 0 Å². The van der Waals surface area contributed by atoms with Gasteiger partial charge in [-0.2, -0.15) is 5.10 Å². The summed E-state index contributed by atoms with van der Waals surface area (Å²) in [4.78, 5) is 0. The fourth-order valence-corrected chi connectivity index (χ4v) is 2.21. The summed E-state index contributed by atoms with van der Waals surface area (Å²) < 4.78 is 1.96. The van der Waals surface area contributed by atoms with Gasteiger partial charge in [0.25, 0.3) is 0 Å². The van der Waals surface area contributed by atoms with Gasteiger partial charge in [0, 0.05) is 25.0 Å². The van der Waals surface area contributed by atoms with E-state index in [1.165, 1.54) is 17.5 Å². The van der Waals surface area contributed by atoms with E-state index in [-0.39, 0.29) is 0 Å². The zero-order valence-corrected chi connectivity index (χ0v) is 11.8. The first-order valence-electron chi connectivity index (χ1n) is 7.00. The summed E-state index contributed by atoms with van der Waals surface area (Å²) in [5, 5.41) is 7.74. The van der Waals surface area contributed by atoms with Crippen molar-refractivity contribution in [3.8, 4) is 0 Å². The second-order valence-corrected chi connectivity index (χ2v) is 5.15. The van der Waals surface area contributed by atoms with Crippen LogP contribution < -0.4 is 5.32 Å². The molecule has 0 saturated carbocycles. The highest BCUT2D eigenvalue weighted by Crippen LogP contribution is 2.07. The van der Waals surface area contributed by atoms with E-state index in [9.17, 15) is 0 Å². The summed E-state index contributed by atoms with van der Waals surface area (Å²) in [6, 6.07) is 11.3. The van der Waals surface area contributed by atoms with Gasteiger partial charge in [-0.15, -0.1) is 0 Å². The van der Waals surface area contributed by atoms with Crippen LogP contribution in [0.2, 0.25) is 0 Å². The van der Waals surface area contributed by atoms with Crippen molar-refractivity contribution in [1.29, 1.82) is 0 Å². The number of benzene rings is 1. The minimum Gasteiger partial charge on any atom is -0.312 e. The van der Waals surface area contributed by atoms with Crippen molar-refractivity contribution in [2.75, 3.05) is 6.54 Å². The fourth-order valence-electron chi connectivity index (χ4n) is 2.21. The molecule has 0 aliphatic heterocycles. The molecule has 1 heterocycles. The summed E-state index contributed by atoms with van der Waals surface area (Å²) in [6.07, 6.45) is 6.13. The first-order valence-corrected chi connectivity index (χ1v) is 7.00. The second-order valence-electron chi connectivity index (χ2n) is 5.15. The summed E-state index contributed by atoms with van der Waals surface area (Å²) in [6.45, 7) is 6.30. The SMILES string of the molecule is Cc1cccc(CCC(C)NCCn2cccn2)c1. The molecule has 3 nitrogen and oxygen atoms in total. The Hall–Kier alpha value is -1.61. The highest BCUT2D eigenvalue weighted by molar-refractivity contribution is 5.22. The molecule has 19 heavy (non-hydrogen) atoms. The molecule has 0 amide bonds. The Balaban J connectivity index is 1.65. The van der Waals surface area contributed by atoms with Crippen LogP contribution >= 0.6 is 0 Å². The van der Waals surface area contributed by atoms with E-state index in [0.29, 0.717) is 6.04 Å². The van der Waals surface area contributed by atoms with Gasteiger partial charge < -0.3 is 5.32 Å². The van der Waals surface area contributed by atoms with Gasteiger partial charge >= 0.3 is 0 Å². The highest BCUT2D eigenvalue weighted by Gasteiger charge is 2.02. The number of aromatic nitrogens is 2. The van der Waals surface area contributed by atoms with Crippen LogP contribution in [0, 0.1) is 6.92 Å². The minimum atomic E-state index is 0.538. The normalized spacial score (nSPS) is 12.5. The van der Waals surface area contributed by atoms with E-state index in [4.69, 9.17) is 0 Å². The molecule has 3 heteroatoms. The standard InChI is InChI=1S/C16H23N3/c1-14-5-3-6-16(13-14)8-7-15(2)17-10-12-19-11-4-9-18-19/h3-6,9,11,13,15,17H,7-8,10,12H2,1-2H3. The predicted molar refractivity (Wildman–Crippen MR) is 79.2 cm³/mol. The average Bonchev–Trinajstić information content (AvgIpc) is 2.90. The van der Waals surface area contributed by atoms with Gasteiger partial charge in [-0.25, -0.2) is 0 Å². The number of aryl methyl sites for hydroxylation is 2. The molecule has 1 aromatic heterocycles. The molecule has 0 aliphatic carbocycles. The van der Waals surface area contributed by atoms with Crippen molar-refractivity contribution in [3.63, 3.8) is 0 Å². The zero-order chi connectivity index (χ0) is 13.5. The van der Waals surface area contributed by atoms with Gasteiger partial charge in [-0.05, 0) is 38.3 Å². The quantitative estimate of drug-likeness (QED) is 0.826. The predicted octanol–water partition coefficient (Wildman–Crippen LogP) is 2.80. The Bertz CT molecular complexity index is 476. The largest absolute Gasteiger partial charge is 0.312 e. The third kappa shape index (κ3) is 4.87. The molecule has 1 atom stereocenters. The van der Waals surface area contributed by atoms with Gasteiger partial charge in [-0.1, -0.05) is 29.8 Å². The summed E-state index contributed by atoms with van der Waals surface area (Å²) in [7, 11) is 0. The molecule has 0 fully saturated rings. The van der Waals surface area contributed by atoms with Crippen molar-refractivity contribution in [1.82, 2.24) is 15.1 Å². The number of nitrogens with one attached hydrogen (secondary N) is 1. The summed E-state index contributed by atoms with van der Waals surface area (Å²) >= 11 is 0. The molecule has 102 valence electrons. The molecule has 0 aliphatic rings. The summed E-state index contributed by atoms with van der Waals surface area (Å²) in [5.74, 6) is 0. The third-order valence-electron chi connectivity index (χ3n) is 3.34. The monoisotopic (exact) mass is 257 g/mol. The third-order valence-corrected chi connectivity index (χ3v) is 3.34. The molecule has 0 radical (unpaired) electrons. The Morgan fingerprint density at radius 1 is 1.32 bits per heavy atom. The molecule has 1 unspecified atom stereocenters. The average molecular weight is 257 g/mol. The van der Waals surface area contributed by atoms with E-state index >= 15 is 0 Å². The Kier molecular flexibility index (Phi) is 5.16. The van der Waals surface area contributed by atoms with Crippen LogP contribution in [0.3, 0.4) is 0 Å². The topological polar surface area (TPSA) is 29.9 Å². The van der Waals surface area contributed by atoms with Gasteiger partial charge in [0.1, 0.15) is 0 Å². The lowest BCUT2D eigenvalue weighted by Crippen LogP contribution is -2.29. The molecule has 0 spiro atoms. The van der Waals surface area contributed by atoms with Crippen molar-refractivity contribution in [2.45, 2.75) is 39.3 Å². The van der Waals surface area contributed by atoms with Crippen molar-refractivity contribution in [3.05, 3.63) is 53.9 Å². The Morgan fingerprint density at radius 2 is 2.21 bits per heavy atom. The smallest absolute Gasteiger partial charge is 0.0534 e. The molecule has 0 saturated heterocycles. The summed E-state index contributed by atoms with van der Waals surface area (Å²) in [5.41, 5.74) is 2.78. The maximum absolute atomic E-state index is 4.19. The van der Waals surface area contributed by atoms with E-state index in [1.54, 1.807) is 0 Å². The van der Waals surface area contributed by atoms with E-state index in [0.717, 1.165) is 19.5 Å². The highest BCUT2D eigenvalue weighted by atomic mass is 15.3. The van der Waals surface area contributed by atoms with Crippen LogP contribution in [0.4, 0.5) is 0 Å². The van der Waals surface area contributed by atoms with E-state index in [2.05, 4.69) is 48.5 Å². The maximum atomic E-state index is 4.19. The molecule has 0 bridgehead atoms. The zero-order valence-electron chi connectivity index (χ0n) is 11.8. The lowest BCUT2D eigenvalue weighted by atomic mass is 10.0. The number of hydrogen-bond donors (Lipinski definition) is 1. The molecule has 2 aromatic rings. The Morgan fingerprint density at radius 3 is 2.95 bits per heavy atom. The molecule has 1 aromatic carbocycles. The van der Waals surface area contributed by atoms with Gasteiger partial charge in [0.05, 0.1) is 6.54 Å². The first kappa shape index (κ1) is 13.8. The van der Waals surface area contributed by atoms with Crippen LogP contribution in [0.15, 0.2) is 42.7 Å². The molecule has 2 rings (SSSR count). The molecule has 1 N–H and O–H groups in total. The van der Waals surface area contributed by atoms with Crippen molar-refractivity contribution >= 4 is 0 Å². The van der Waals surface area contributed by atoms with E-state index in [1.807, 2.05) is 23.1 Å². The number of hydrogen-bond acceptors (Lipinski definition) is 2. The van der Waals surface area contributed by atoms with Crippen LogP contribution in [0.5, 0.6) is 0 Å². The Labute approximate surface area is 115 Å². The number of nitrogens with zero attached hydrogens (tertiary/aromatic N) is 2. The van der Waals surface area contributed by atoms with Gasteiger partial charge in [0.2, 0.25) is 0 Å². The van der Waals surface area contributed by atoms with Crippen LogP contribution in [-0.4, -0.2) is 22.4 Å². The van der Waals surface area contributed by atoms with Gasteiger partial charge in [-0.3, -0.25) is 4.68 Å². The van der Waals surface area contributed by atoms with Crippen LogP contribution in [0.25, 0.3) is 0 Å². The maximum Gasteiger partial charge on any atom is 0.0534 e. The lowest BCUT2D eigenvalue weighted by Gasteiger charge is -2.14. The number of rotatable bonds is 7. The van der Waals surface area contributed by atoms with Crippen molar-refractivity contribution < 1.29 is 0 Å². The fraction of sp³-hybridized carbons (Fsp3) is 0.438. The van der Waals surface area contributed by atoms with Crippen LogP contribution in [-0.2, 0) is 13.0 Å². The van der Waals surface area contributed by atoms with E-state index < -0.39 is 0 Å². The van der Waals surface area contributed by atoms with Crippen LogP contribution in [0.1, 0.15) is 24.5 Å². The first-order chi connectivity index (χ1) is 9.24. The second kappa shape index (κ2) is 7.10. The minimum absolute atomic E-state index is 0.538. The lowest BCUT2D eigenvalue weighted by molar-refractivity contribution is 0.475.